The molecule has 0 atom stereocenters. The lowest BCUT2D eigenvalue weighted by atomic mass is 10.1. The molecular formula is C18H18ClNO3. The summed E-state index contributed by atoms with van der Waals surface area (Å²) in [5, 5.41) is 0.610. The van der Waals surface area contributed by atoms with Gasteiger partial charge in [0.1, 0.15) is 0 Å². The Morgan fingerprint density at radius 2 is 1.70 bits per heavy atom. The number of likely N-dealkylation sites (N-methyl/N-ethyl adjacent to an activating group) is 1. The van der Waals surface area contributed by atoms with Gasteiger partial charge in [-0.2, -0.15) is 0 Å². The van der Waals surface area contributed by atoms with Crippen LogP contribution in [0.2, 0.25) is 5.02 Å². The standard InChI is InChI=1S/C18H18ClNO3/c1-2-20(16-6-4-3-5-7-16)17(21)13-23-18(22)12-14-8-10-15(19)11-9-14/h3-11H,2,12-13H2,1H3. The van der Waals surface area contributed by atoms with Crippen molar-refractivity contribution in [2.45, 2.75) is 13.3 Å². The van der Waals surface area contributed by atoms with Crippen molar-refractivity contribution in [2.24, 2.45) is 0 Å². The number of para-hydroxylation sites is 1. The molecule has 0 aliphatic heterocycles. The number of amides is 1. The van der Waals surface area contributed by atoms with Crippen molar-refractivity contribution in [1.82, 2.24) is 0 Å². The minimum Gasteiger partial charge on any atom is -0.455 e. The highest BCUT2D eigenvalue weighted by Crippen LogP contribution is 2.13. The van der Waals surface area contributed by atoms with Gasteiger partial charge in [-0.05, 0) is 36.8 Å². The predicted molar refractivity (Wildman–Crippen MR) is 90.6 cm³/mol. The number of esters is 1. The maximum absolute atomic E-state index is 12.2. The summed E-state index contributed by atoms with van der Waals surface area (Å²) in [7, 11) is 0. The van der Waals surface area contributed by atoms with E-state index in [0.29, 0.717) is 11.6 Å². The average molecular weight is 332 g/mol. The molecule has 0 aliphatic carbocycles. The third-order valence-electron chi connectivity index (χ3n) is 3.30. The van der Waals surface area contributed by atoms with Gasteiger partial charge in [0.05, 0.1) is 6.42 Å². The van der Waals surface area contributed by atoms with Gasteiger partial charge < -0.3 is 9.64 Å². The number of anilines is 1. The van der Waals surface area contributed by atoms with Gasteiger partial charge in [-0.25, -0.2) is 0 Å². The Labute approximate surface area is 140 Å². The lowest BCUT2D eigenvalue weighted by molar-refractivity contribution is -0.147. The third-order valence-corrected chi connectivity index (χ3v) is 3.56. The molecule has 4 nitrogen and oxygen atoms in total. The fourth-order valence-corrected chi connectivity index (χ4v) is 2.28. The minimum atomic E-state index is -0.440. The van der Waals surface area contributed by atoms with E-state index < -0.39 is 5.97 Å². The van der Waals surface area contributed by atoms with Crippen LogP contribution in [0.3, 0.4) is 0 Å². The van der Waals surface area contributed by atoms with Crippen LogP contribution in [0.25, 0.3) is 0 Å². The Kier molecular flexibility index (Phi) is 6.18. The molecule has 2 aromatic rings. The lowest BCUT2D eigenvalue weighted by Crippen LogP contribution is -2.34. The van der Waals surface area contributed by atoms with Crippen LogP contribution in [0.4, 0.5) is 5.69 Å². The van der Waals surface area contributed by atoms with Crippen molar-refractivity contribution < 1.29 is 14.3 Å². The Hall–Kier alpha value is -2.33. The van der Waals surface area contributed by atoms with Crippen molar-refractivity contribution >= 4 is 29.2 Å². The van der Waals surface area contributed by atoms with Gasteiger partial charge in [0.25, 0.3) is 5.91 Å². The van der Waals surface area contributed by atoms with E-state index in [4.69, 9.17) is 16.3 Å². The van der Waals surface area contributed by atoms with Crippen LogP contribution >= 0.6 is 11.6 Å². The zero-order valence-corrected chi connectivity index (χ0v) is 13.6. The Balaban J connectivity index is 1.87. The van der Waals surface area contributed by atoms with Crippen molar-refractivity contribution in [3.8, 4) is 0 Å². The molecule has 23 heavy (non-hydrogen) atoms. The van der Waals surface area contributed by atoms with E-state index in [2.05, 4.69) is 0 Å². The number of hydrogen-bond acceptors (Lipinski definition) is 3. The number of carbonyl (C=O) groups is 2. The van der Waals surface area contributed by atoms with E-state index in [1.165, 1.54) is 0 Å². The predicted octanol–water partition coefficient (Wildman–Crippen LogP) is 3.48. The minimum absolute atomic E-state index is 0.113. The number of halogens is 1. The number of hydrogen-bond donors (Lipinski definition) is 0. The van der Waals surface area contributed by atoms with Gasteiger partial charge in [-0.15, -0.1) is 0 Å². The van der Waals surface area contributed by atoms with Gasteiger partial charge in [-0.1, -0.05) is 41.9 Å². The molecule has 0 aromatic heterocycles. The second kappa shape index (κ2) is 8.34. The maximum Gasteiger partial charge on any atom is 0.310 e. The molecule has 0 spiro atoms. The molecule has 0 bridgehead atoms. The SMILES string of the molecule is CCN(C(=O)COC(=O)Cc1ccc(Cl)cc1)c1ccccc1. The van der Waals surface area contributed by atoms with Crippen LogP contribution in [0.5, 0.6) is 0 Å². The van der Waals surface area contributed by atoms with Gasteiger partial charge in [0.15, 0.2) is 6.61 Å². The summed E-state index contributed by atoms with van der Waals surface area (Å²) >= 11 is 5.79. The first-order chi connectivity index (χ1) is 11.1. The summed E-state index contributed by atoms with van der Waals surface area (Å²) in [4.78, 5) is 25.6. The van der Waals surface area contributed by atoms with E-state index in [9.17, 15) is 9.59 Å². The summed E-state index contributed by atoms with van der Waals surface area (Å²) in [5.41, 5.74) is 1.58. The maximum atomic E-state index is 12.2. The van der Waals surface area contributed by atoms with E-state index in [1.54, 1.807) is 29.2 Å². The van der Waals surface area contributed by atoms with E-state index in [0.717, 1.165) is 11.3 Å². The van der Waals surface area contributed by atoms with Crippen molar-refractivity contribution in [3.05, 3.63) is 65.2 Å². The highest BCUT2D eigenvalue weighted by Gasteiger charge is 2.16. The number of ether oxygens (including phenoxy) is 1. The lowest BCUT2D eigenvalue weighted by Gasteiger charge is -2.20. The van der Waals surface area contributed by atoms with Gasteiger partial charge in [0, 0.05) is 17.3 Å². The molecule has 0 fully saturated rings. The van der Waals surface area contributed by atoms with Crippen LogP contribution < -0.4 is 4.90 Å². The smallest absolute Gasteiger partial charge is 0.310 e. The molecule has 0 radical (unpaired) electrons. The highest BCUT2D eigenvalue weighted by molar-refractivity contribution is 6.30. The Morgan fingerprint density at radius 1 is 1.04 bits per heavy atom. The van der Waals surface area contributed by atoms with Crippen LogP contribution in [-0.2, 0) is 20.7 Å². The summed E-state index contributed by atoms with van der Waals surface area (Å²) in [5.74, 6) is -0.687. The molecule has 0 N–H and O–H groups in total. The second-order valence-electron chi connectivity index (χ2n) is 4.94. The number of nitrogens with zero attached hydrogens (tertiary/aromatic N) is 1. The van der Waals surface area contributed by atoms with E-state index in [1.807, 2.05) is 37.3 Å². The molecule has 0 unspecified atom stereocenters. The molecule has 2 aromatic carbocycles. The van der Waals surface area contributed by atoms with E-state index in [-0.39, 0.29) is 18.9 Å². The molecule has 1 amide bonds. The fourth-order valence-electron chi connectivity index (χ4n) is 2.15. The normalized spacial score (nSPS) is 10.2. The summed E-state index contributed by atoms with van der Waals surface area (Å²) < 4.78 is 5.08. The van der Waals surface area contributed by atoms with Crippen molar-refractivity contribution in [3.63, 3.8) is 0 Å². The molecule has 0 heterocycles. The van der Waals surface area contributed by atoms with Crippen LogP contribution in [-0.4, -0.2) is 25.0 Å². The fraction of sp³-hybridized carbons (Fsp3) is 0.222. The molecule has 120 valence electrons. The quantitative estimate of drug-likeness (QED) is 0.761. The topological polar surface area (TPSA) is 46.6 Å². The molecule has 0 saturated heterocycles. The number of benzene rings is 2. The molecule has 5 heteroatoms. The van der Waals surface area contributed by atoms with Crippen molar-refractivity contribution in [2.75, 3.05) is 18.1 Å². The van der Waals surface area contributed by atoms with Crippen molar-refractivity contribution in [1.29, 1.82) is 0 Å². The Bertz CT molecular complexity index is 656. The molecular weight excluding hydrogens is 314 g/mol. The Morgan fingerprint density at radius 3 is 2.30 bits per heavy atom. The second-order valence-corrected chi connectivity index (χ2v) is 5.37. The zero-order valence-electron chi connectivity index (χ0n) is 12.9. The van der Waals surface area contributed by atoms with Crippen LogP contribution in [0, 0.1) is 0 Å². The molecule has 0 aliphatic rings. The summed E-state index contributed by atoms with van der Waals surface area (Å²) in [6.07, 6.45) is 0.113. The van der Waals surface area contributed by atoms with Gasteiger partial charge in [0.2, 0.25) is 0 Å². The summed E-state index contributed by atoms with van der Waals surface area (Å²) in [6.45, 7) is 2.12. The van der Waals surface area contributed by atoms with Gasteiger partial charge in [-0.3, -0.25) is 9.59 Å². The van der Waals surface area contributed by atoms with Gasteiger partial charge >= 0.3 is 5.97 Å². The van der Waals surface area contributed by atoms with E-state index >= 15 is 0 Å². The largest absolute Gasteiger partial charge is 0.455 e. The number of rotatable bonds is 6. The first-order valence-electron chi connectivity index (χ1n) is 7.35. The molecule has 0 saturated carbocycles. The molecule has 2 rings (SSSR count). The van der Waals surface area contributed by atoms with Crippen LogP contribution in [0.15, 0.2) is 54.6 Å². The summed E-state index contributed by atoms with van der Waals surface area (Å²) in [6, 6.07) is 16.2. The average Bonchev–Trinajstić information content (AvgIpc) is 2.57. The number of carbonyl (C=O) groups excluding carboxylic acids is 2. The first-order valence-corrected chi connectivity index (χ1v) is 7.73. The third kappa shape index (κ3) is 5.11. The first kappa shape index (κ1) is 17.0. The van der Waals surface area contributed by atoms with Crippen LogP contribution in [0.1, 0.15) is 12.5 Å². The highest BCUT2D eigenvalue weighted by atomic mass is 35.5. The zero-order chi connectivity index (χ0) is 16.7. The monoisotopic (exact) mass is 331 g/mol.